The van der Waals surface area contributed by atoms with Crippen LogP contribution in [0.1, 0.15) is 42.9 Å². The zero-order valence-electron chi connectivity index (χ0n) is 13.9. The zero-order valence-corrected chi connectivity index (χ0v) is 13.9. The van der Waals surface area contributed by atoms with Crippen LogP contribution in [0.25, 0.3) is 11.4 Å². The van der Waals surface area contributed by atoms with Crippen LogP contribution in [0.5, 0.6) is 0 Å². The summed E-state index contributed by atoms with van der Waals surface area (Å²) >= 11 is 0. The van der Waals surface area contributed by atoms with Gasteiger partial charge < -0.3 is 9.42 Å². The van der Waals surface area contributed by atoms with Crippen LogP contribution in [0, 0.1) is 5.92 Å². The Hall–Kier alpha value is -2.38. The summed E-state index contributed by atoms with van der Waals surface area (Å²) in [6.07, 6.45) is -2.65. The number of halogens is 3. The van der Waals surface area contributed by atoms with Crippen LogP contribution in [0.4, 0.5) is 13.2 Å². The first-order valence-corrected chi connectivity index (χ1v) is 8.08. The van der Waals surface area contributed by atoms with E-state index < -0.39 is 12.1 Å². The summed E-state index contributed by atoms with van der Waals surface area (Å²) in [6.45, 7) is 4.80. The number of carbonyl (C=O) groups excluding carboxylic acids is 1. The molecule has 1 saturated carbocycles. The lowest BCUT2D eigenvalue weighted by Gasteiger charge is -2.24. The molecule has 2 aromatic rings. The Morgan fingerprint density at radius 3 is 2.40 bits per heavy atom. The topological polar surface area (TPSA) is 59.2 Å². The van der Waals surface area contributed by atoms with Crippen LogP contribution in [0.2, 0.25) is 0 Å². The van der Waals surface area contributed by atoms with E-state index in [1.54, 1.807) is 12.1 Å². The van der Waals surface area contributed by atoms with Gasteiger partial charge in [-0.15, -0.1) is 0 Å². The van der Waals surface area contributed by atoms with Gasteiger partial charge in [-0.1, -0.05) is 31.1 Å². The summed E-state index contributed by atoms with van der Waals surface area (Å²) in [7, 11) is 0. The average Bonchev–Trinajstić information content (AvgIpc) is 3.26. The molecule has 0 radical (unpaired) electrons. The molecule has 0 saturated heterocycles. The summed E-state index contributed by atoms with van der Waals surface area (Å²) in [6, 6.07) is 6.51. The van der Waals surface area contributed by atoms with Crippen molar-refractivity contribution in [3.63, 3.8) is 0 Å². The van der Waals surface area contributed by atoms with E-state index >= 15 is 0 Å². The molecule has 0 bridgehead atoms. The molecule has 1 fully saturated rings. The summed E-state index contributed by atoms with van der Waals surface area (Å²) in [4.78, 5) is 17.9. The van der Waals surface area contributed by atoms with Crippen LogP contribution >= 0.6 is 0 Å². The van der Waals surface area contributed by atoms with E-state index in [2.05, 4.69) is 28.5 Å². The van der Waals surface area contributed by atoms with Crippen molar-refractivity contribution < 1.29 is 22.5 Å². The summed E-state index contributed by atoms with van der Waals surface area (Å²) in [5, 5.41) is 3.34. The number of alkyl halides is 3. The van der Waals surface area contributed by atoms with E-state index in [-0.39, 0.29) is 11.7 Å². The van der Waals surface area contributed by atoms with Crippen LogP contribution in [0.3, 0.4) is 0 Å². The molecule has 5 nitrogen and oxygen atoms in total. The maximum Gasteiger partial charge on any atom is 0.471 e. The fourth-order valence-corrected chi connectivity index (χ4v) is 2.56. The van der Waals surface area contributed by atoms with E-state index in [1.807, 2.05) is 4.90 Å². The molecule has 1 aromatic heterocycles. The van der Waals surface area contributed by atoms with Gasteiger partial charge in [0.05, 0.1) is 0 Å². The lowest BCUT2D eigenvalue weighted by Crippen LogP contribution is -2.36. The molecule has 0 unspecified atom stereocenters. The van der Waals surface area contributed by atoms with E-state index in [1.165, 1.54) is 12.1 Å². The van der Waals surface area contributed by atoms with Crippen molar-refractivity contribution in [3.8, 4) is 11.4 Å². The molecule has 8 heteroatoms. The van der Waals surface area contributed by atoms with Gasteiger partial charge in [0.2, 0.25) is 5.82 Å². The Morgan fingerprint density at radius 1 is 1.28 bits per heavy atom. The van der Waals surface area contributed by atoms with Crippen LogP contribution in [-0.2, 0) is 6.18 Å². The number of benzene rings is 1. The Bertz CT molecular complexity index is 749. The third-order valence-corrected chi connectivity index (χ3v) is 3.87. The van der Waals surface area contributed by atoms with Crippen molar-refractivity contribution in [1.82, 2.24) is 15.0 Å². The van der Waals surface area contributed by atoms with Gasteiger partial charge in [0.15, 0.2) is 0 Å². The highest BCUT2D eigenvalue weighted by Gasteiger charge is 2.38. The zero-order chi connectivity index (χ0) is 18.2. The lowest BCUT2D eigenvalue weighted by molar-refractivity contribution is -0.159. The molecule has 0 spiro atoms. The number of amides is 1. The lowest BCUT2D eigenvalue weighted by atomic mass is 10.1. The van der Waals surface area contributed by atoms with E-state index in [9.17, 15) is 18.0 Å². The highest BCUT2D eigenvalue weighted by Crippen LogP contribution is 2.31. The Balaban J connectivity index is 1.77. The number of hydrogen-bond acceptors (Lipinski definition) is 4. The van der Waals surface area contributed by atoms with Gasteiger partial charge in [0, 0.05) is 23.7 Å². The van der Waals surface area contributed by atoms with Gasteiger partial charge in [0.1, 0.15) is 0 Å². The first-order valence-electron chi connectivity index (χ1n) is 8.08. The molecule has 1 aliphatic carbocycles. The van der Waals surface area contributed by atoms with Gasteiger partial charge in [-0.25, -0.2) is 0 Å². The van der Waals surface area contributed by atoms with Gasteiger partial charge in [0.25, 0.3) is 5.91 Å². The second-order valence-electron chi connectivity index (χ2n) is 6.58. The van der Waals surface area contributed by atoms with Gasteiger partial charge >= 0.3 is 12.1 Å². The number of carbonyl (C=O) groups is 1. The Kier molecular flexibility index (Phi) is 4.53. The Morgan fingerprint density at radius 2 is 1.92 bits per heavy atom. The highest BCUT2D eigenvalue weighted by molar-refractivity contribution is 5.95. The fourth-order valence-electron chi connectivity index (χ4n) is 2.56. The second kappa shape index (κ2) is 6.50. The standard InChI is InChI=1S/C17H18F3N3O2/c1-10(2)9-23(13-7-8-13)15(24)12-5-3-11(4-6-12)14-21-16(25-22-14)17(18,19)20/h3-6,10,13H,7-9H2,1-2H3. The molecule has 25 heavy (non-hydrogen) atoms. The molecular weight excluding hydrogens is 335 g/mol. The van der Waals surface area contributed by atoms with Crippen molar-refractivity contribution >= 4 is 5.91 Å². The summed E-state index contributed by atoms with van der Waals surface area (Å²) in [5.41, 5.74) is 0.855. The second-order valence-corrected chi connectivity index (χ2v) is 6.58. The first kappa shape index (κ1) is 17.4. The number of aromatic nitrogens is 2. The minimum Gasteiger partial charge on any atom is -0.335 e. The predicted octanol–water partition coefficient (Wildman–Crippen LogP) is 4.02. The van der Waals surface area contributed by atoms with Crippen molar-refractivity contribution in [2.75, 3.05) is 6.54 Å². The molecule has 1 aliphatic rings. The number of hydrogen-bond donors (Lipinski definition) is 0. The van der Waals surface area contributed by atoms with Crippen molar-refractivity contribution in [3.05, 3.63) is 35.7 Å². The predicted molar refractivity (Wildman–Crippen MR) is 83.6 cm³/mol. The van der Waals surface area contributed by atoms with E-state index in [4.69, 9.17) is 0 Å². The molecule has 134 valence electrons. The maximum absolute atomic E-state index is 12.7. The van der Waals surface area contributed by atoms with Crippen molar-refractivity contribution in [2.45, 2.75) is 38.9 Å². The summed E-state index contributed by atoms with van der Waals surface area (Å²) in [5.74, 6) is -1.25. The minimum atomic E-state index is -4.68. The highest BCUT2D eigenvalue weighted by atomic mass is 19.4. The molecular formula is C17H18F3N3O2. The third-order valence-electron chi connectivity index (χ3n) is 3.87. The first-order chi connectivity index (χ1) is 11.8. The van der Waals surface area contributed by atoms with E-state index in [0.29, 0.717) is 29.6 Å². The Labute approximate surface area is 142 Å². The third kappa shape index (κ3) is 4.00. The van der Waals surface area contributed by atoms with Crippen LogP contribution < -0.4 is 0 Å². The largest absolute Gasteiger partial charge is 0.471 e. The molecule has 0 aliphatic heterocycles. The van der Waals surface area contributed by atoms with Crippen LogP contribution in [-0.4, -0.2) is 33.5 Å². The minimum absolute atomic E-state index is 0.0631. The molecule has 1 aromatic carbocycles. The van der Waals surface area contributed by atoms with Gasteiger partial charge in [-0.2, -0.15) is 18.2 Å². The van der Waals surface area contributed by atoms with Gasteiger partial charge in [-0.05, 0) is 30.9 Å². The molecule has 3 rings (SSSR count). The SMILES string of the molecule is CC(C)CN(C(=O)c1ccc(-c2noc(C(F)(F)F)n2)cc1)C1CC1. The smallest absolute Gasteiger partial charge is 0.335 e. The summed E-state index contributed by atoms with van der Waals surface area (Å²) < 4.78 is 41.8. The normalized spacial score (nSPS) is 14.8. The average molecular weight is 353 g/mol. The fraction of sp³-hybridized carbons (Fsp3) is 0.471. The van der Waals surface area contributed by atoms with Crippen LogP contribution in [0.15, 0.2) is 28.8 Å². The molecule has 1 amide bonds. The van der Waals surface area contributed by atoms with Crippen molar-refractivity contribution in [1.29, 1.82) is 0 Å². The number of rotatable bonds is 5. The van der Waals surface area contributed by atoms with Gasteiger partial charge in [-0.3, -0.25) is 4.79 Å². The van der Waals surface area contributed by atoms with E-state index in [0.717, 1.165) is 12.8 Å². The monoisotopic (exact) mass is 353 g/mol. The molecule has 0 N–H and O–H groups in total. The molecule has 0 atom stereocenters. The maximum atomic E-state index is 12.7. The van der Waals surface area contributed by atoms with Crippen molar-refractivity contribution in [2.24, 2.45) is 5.92 Å². The molecule has 1 heterocycles. The quantitative estimate of drug-likeness (QED) is 0.815. The number of nitrogens with zero attached hydrogens (tertiary/aromatic N) is 3.